The molecule has 0 aliphatic rings. The fraction of sp³-hybridized carbons (Fsp3) is 0.200. The van der Waals surface area contributed by atoms with Crippen LogP contribution in [0.4, 0.5) is 11.4 Å². The molecule has 0 saturated carbocycles. The Hall–Kier alpha value is -3.13. The van der Waals surface area contributed by atoms with E-state index in [-0.39, 0.29) is 10.8 Å². The number of benzene rings is 2. The number of hydrogen-bond acceptors (Lipinski definition) is 5. The second-order valence-electron chi connectivity index (χ2n) is 6.66. The molecule has 0 saturated heterocycles. The van der Waals surface area contributed by atoms with Gasteiger partial charge in [-0.15, -0.1) is 0 Å². The number of anilines is 2. The summed E-state index contributed by atoms with van der Waals surface area (Å²) in [6, 6.07) is 13.2. The van der Waals surface area contributed by atoms with Crippen molar-refractivity contribution >= 4 is 27.3 Å². The molecule has 146 valence electrons. The molecular formula is C20H21N3O4S. The van der Waals surface area contributed by atoms with E-state index < -0.39 is 10.0 Å². The molecule has 2 N–H and O–H groups in total. The van der Waals surface area contributed by atoms with Crippen LogP contribution in [0.5, 0.6) is 0 Å². The summed E-state index contributed by atoms with van der Waals surface area (Å²) in [7, 11) is -3.74. The largest absolute Gasteiger partial charge is 0.361 e. The fourth-order valence-corrected chi connectivity index (χ4v) is 3.67. The number of aromatic nitrogens is 1. The van der Waals surface area contributed by atoms with Crippen LogP contribution in [0.15, 0.2) is 64.1 Å². The van der Waals surface area contributed by atoms with Gasteiger partial charge in [-0.05, 0) is 48.7 Å². The highest BCUT2D eigenvalue weighted by atomic mass is 32.2. The number of hydrogen-bond donors (Lipinski definition) is 2. The van der Waals surface area contributed by atoms with Gasteiger partial charge in [0, 0.05) is 5.69 Å². The molecule has 3 aromatic rings. The predicted octanol–water partition coefficient (Wildman–Crippen LogP) is 4.16. The molecule has 0 unspecified atom stereocenters. The zero-order chi connectivity index (χ0) is 20.3. The van der Waals surface area contributed by atoms with Crippen LogP contribution in [0.1, 0.15) is 41.4 Å². The van der Waals surface area contributed by atoms with Gasteiger partial charge in [0.25, 0.3) is 15.9 Å². The van der Waals surface area contributed by atoms with Crippen molar-refractivity contribution in [2.75, 3.05) is 10.0 Å². The van der Waals surface area contributed by atoms with Crippen molar-refractivity contribution in [3.63, 3.8) is 0 Å². The maximum atomic E-state index is 12.6. The SMILES string of the molecule is Cc1oncc1C(=O)Nc1cccc(NS(=O)(=O)c2ccc(C(C)C)cc2)c1. The van der Waals surface area contributed by atoms with Crippen molar-refractivity contribution in [3.8, 4) is 0 Å². The van der Waals surface area contributed by atoms with Crippen LogP contribution in [0, 0.1) is 6.92 Å². The van der Waals surface area contributed by atoms with Crippen molar-refractivity contribution in [2.45, 2.75) is 31.6 Å². The van der Waals surface area contributed by atoms with Crippen LogP contribution in [0.3, 0.4) is 0 Å². The van der Waals surface area contributed by atoms with E-state index in [0.717, 1.165) is 5.56 Å². The van der Waals surface area contributed by atoms with E-state index in [1.165, 1.54) is 6.20 Å². The molecule has 0 aliphatic heterocycles. The van der Waals surface area contributed by atoms with Gasteiger partial charge in [0.05, 0.1) is 16.8 Å². The van der Waals surface area contributed by atoms with Crippen LogP contribution in [0.2, 0.25) is 0 Å². The van der Waals surface area contributed by atoms with Gasteiger partial charge in [0.1, 0.15) is 11.3 Å². The lowest BCUT2D eigenvalue weighted by molar-refractivity contribution is 0.102. The average molecular weight is 399 g/mol. The lowest BCUT2D eigenvalue weighted by Crippen LogP contribution is -2.14. The van der Waals surface area contributed by atoms with E-state index in [4.69, 9.17) is 4.52 Å². The van der Waals surface area contributed by atoms with Gasteiger partial charge in [-0.2, -0.15) is 0 Å². The molecule has 28 heavy (non-hydrogen) atoms. The first kappa shape index (κ1) is 19.6. The summed E-state index contributed by atoms with van der Waals surface area (Å²) in [5.41, 5.74) is 2.16. The molecule has 1 amide bonds. The molecule has 0 aliphatic carbocycles. The molecule has 0 spiro atoms. The van der Waals surface area contributed by atoms with Gasteiger partial charge < -0.3 is 9.84 Å². The van der Waals surface area contributed by atoms with E-state index in [2.05, 4.69) is 15.2 Å². The Morgan fingerprint density at radius 2 is 1.75 bits per heavy atom. The summed E-state index contributed by atoms with van der Waals surface area (Å²) < 4.78 is 32.7. The van der Waals surface area contributed by atoms with Gasteiger partial charge in [-0.25, -0.2) is 8.42 Å². The van der Waals surface area contributed by atoms with E-state index >= 15 is 0 Å². The maximum absolute atomic E-state index is 12.6. The second kappa shape index (κ2) is 7.85. The zero-order valence-electron chi connectivity index (χ0n) is 15.8. The topological polar surface area (TPSA) is 101 Å². The Labute approximate surface area is 163 Å². The molecule has 0 fully saturated rings. The Kier molecular flexibility index (Phi) is 5.51. The van der Waals surface area contributed by atoms with E-state index in [0.29, 0.717) is 28.6 Å². The number of carbonyl (C=O) groups is 1. The third-order valence-corrected chi connectivity index (χ3v) is 5.62. The van der Waals surface area contributed by atoms with Crippen LogP contribution in [-0.2, 0) is 10.0 Å². The normalized spacial score (nSPS) is 11.4. The fourth-order valence-electron chi connectivity index (χ4n) is 2.62. The predicted molar refractivity (Wildman–Crippen MR) is 107 cm³/mol. The third kappa shape index (κ3) is 4.40. The van der Waals surface area contributed by atoms with Gasteiger partial charge in [-0.3, -0.25) is 9.52 Å². The van der Waals surface area contributed by atoms with Crippen molar-refractivity contribution in [1.29, 1.82) is 0 Å². The van der Waals surface area contributed by atoms with Crippen LogP contribution in [-0.4, -0.2) is 19.5 Å². The Morgan fingerprint density at radius 3 is 2.36 bits per heavy atom. The first-order valence-electron chi connectivity index (χ1n) is 8.72. The molecule has 7 nitrogen and oxygen atoms in total. The Bertz CT molecular complexity index is 1090. The van der Waals surface area contributed by atoms with Crippen molar-refractivity contribution < 1.29 is 17.7 Å². The van der Waals surface area contributed by atoms with Crippen molar-refractivity contribution in [2.24, 2.45) is 0 Å². The summed E-state index contributed by atoms with van der Waals surface area (Å²) in [6.07, 6.45) is 1.33. The molecule has 1 heterocycles. The maximum Gasteiger partial charge on any atom is 0.261 e. The summed E-state index contributed by atoms with van der Waals surface area (Å²) >= 11 is 0. The van der Waals surface area contributed by atoms with Gasteiger partial charge in [0.2, 0.25) is 0 Å². The number of sulfonamides is 1. The van der Waals surface area contributed by atoms with Crippen molar-refractivity contribution in [1.82, 2.24) is 5.16 Å². The minimum Gasteiger partial charge on any atom is -0.361 e. The van der Waals surface area contributed by atoms with Crippen LogP contribution in [0.25, 0.3) is 0 Å². The number of nitrogens with zero attached hydrogens (tertiary/aromatic N) is 1. The molecule has 0 bridgehead atoms. The average Bonchev–Trinajstić information content (AvgIpc) is 3.08. The van der Waals surface area contributed by atoms with E-state index in [9.17, 15) is 13.2 Å². The van der Waals surface area contributed by atoms with E-state index in [1.54, 1.807) is 55.5 Å². The molecule has 0 atom stereocenters. The summed E-state index contributed by atoms with van der Waals surface area (Å²) in [5.74, 6) is 0.335. The molecule has 2 aromatic carbocycles. The van der Waals surface area contributed by atoms with Gasteiger partial charge in [-0.1, -0.05) is 37.2 Å². The molecule has 3 rings (SSSR count). The Morgan fingerprint density at radius 1 is 1.07 bits per heavy atom. The third-order valence-electron chi connectivity index (χ3n) is 4.23. The van der Waals surface area contributed by atoms with Crippen molar-refractivity contribution in [3.05, 3.63) is 71.6 Å². The highest BCUT2D eigenvalue weighted by Gasteiger charge is 2.16. The second-order valence-corrected chi connectivity index (χ2v) is 8.34. The van der Waals surface area contributed by atoms with Crippen LogP contribution < -0.4 is 10.0 Å². The number of aryl methyl sites for hydroxylation is 1. The number of rotatable bonds is 6. The minimum atomic E-state index is -3.74. The first-order valence-corrected chi connectivity index (χ1v) is 10.2. The van der Waals surface area contributed by atoms with Crippen LogP contribution >= 0.6 is 0 Å². The zero-order valence-corrected chi connectivity index (χ0v) is 16.6. The monoisotopic (exact) mass is 399 g/mol. The highest BCUT2D eigenvalue weighted by molar-refractivity contribution is 7.92. The summed E-state index contributed by atoms with van der Waals surface area (Å²) in [4.78, 5) is 12.4. The molecule has 0 radical (unpaired) electrons. The number of nitrogens with one attached hydrogen (secondary N) is 2. The molecule has 8 heteroatoms. The molecule has 1 aromatic heterocycles. The van der Waals surface area contributed by atoms with Gasteiger partial charge >= 0.3 is 0 Å². The lowest BCUT2D eigenvalue weighted by atomic mass is 10.0. The summed E-state index contributed by atoms with van der Waals surface area (Å²) in [5, 5.41) is 6.27. The first-order chi connectivity index (χ1) is 13.3. The standard InChI is InChI=1S/C20H21N3O4S/c1-13(2)15-7-9-18(10-8-15)28(25,26)23-17-6-4-5-16(11-17)22-20(24)19-12-21-27-14(19)3/h4-13,23H,1-3H3,(H,22,24). The minimum absolute atomic E-state index is 0.173. The highest BCUT2D eigenvalue weighted by Crippen LogP contribution is 2.22. The lowest BCUT2D eigenvalue weighted by Gasteiger charge is -2.11. The molecular weight excluding hydrogens is 378 g/mol. The number of carbonyl (C=O) groups excluding carboxylic acids is 1. The smallest absolute Gasteiger partial charge is 0.261 e. The Balaban J connectivity index is 1.76. The van der Waals surface area contributed by atoms with E-state index in [1.807, 2.05) is 13.8 Å². The quantitative estimate of drug-likeness (QED) is 0.648. The summed E-state index contributed by atoms with van der Waals surface area (Å²) in [6.45, 7) is 5.72. The van der Waals surface area contributed by atoms with Gasteiger partial charge in [0.15, 0.2) is 0 Å². The number of amides is 1.